The van der Waals surface area contributed by atoms with E-state index in [0.717, 1.165) is 36.5 Å². The fraction of sp³-hybridized carbons (Fsp3) is 0.857. The van der Waals surface area contributed by atoms with E-state index in [1.54, 1.807) is 0 Å². The fourth-order valence-electron chi connectivity index (χ4n) is 8.10. The van der Waals surface area contributed by atoms with E-state index in [2.05, 4.69) is 59.8 Å². The summed E-state index contributed by atoms with van der Waals surface area (Å²) in [5, 5.41) is 10.2. The van der Waals surface area contributed by atoms with Crippen LogP contribution in [0.2, 0.25) is 0 Å². The molecule has 4 rings (SSSR count). The van der Waals surface area contributed by atoms with Crippen LogP contribution in [0.4, 0.5) is 0 Å². The second-order valence-corrected chi connectivity index (χ2v) is 12.3. The Hall–Kier alpha value is -0.560. The molecule has 3 fully saturated rings. The topological polar surface area (TPSA) is 20.2 Å². The summed E-state index contributed by atoms with van der Waals surface area (Å²) >= 11 is 0. The van der Waals surface area contributed by atoms with Gasteiger partial charge in [0.25, 0.3) is 0 Å². The van der Waals surface area contributed by atoms with Gasteiger partial charge in [0.2, 0.25) is 0 Å². The maximum atomic E-state index is 10.2. The molecule has 29 heavy (non-hydrogen) atoms. The summed E-state index contributed by atoms with van der Waals surface area (Å²) in [7, 11) is 0. The molecule has 1 unspecified atom stereocenters. The Bertz CT molecular complexity index is 659. The highest BCUT2D eigenvalue weighted by atomic mass is 16.3. The van der Waals surface area contributed by atoms with Crippen molar-refractivity contribution in [2.75, 3.05) is 0 Å². The van der Waals surface area contributed by atoms with E-state index in [-0.39, 0.29) is 6.10 Å². The van der Waals surface area contributed by atoms with Crippen molar-refractivity contribution in [1.29, 1.82) is 0 Å². The lowest BCUT2D eigenvalue weighted by molar-refractivity contribution is -0.0414. The molecular weight excluding hydrogens is 352 g/mol. The van der Waals surface area contributed by atoms with Crippen LogP contribution in [-0.2, 0) is 0 Å². The zero-order valence-corrected chi connectivity index (χ0v) is 20.0. The molecule has 0 bridgehead atoms. The van der Waals surface area contributed by atoms with Crippen molar-refractivity contribution in [2.24, 2.45) is 52.3 Å². The number of aliphatic hydroxyl groups is 1. The third kappa shape index (κ3) is 3.58. The Morgan fingerprint density at radius 1 is 0.931 bits per heavy atom. The highest BCUT2D eigenvalue weighted by Crippen LogP contribution is 2.66. The Balaban J connectivity index is 1.54. The normalized spacial score (nSPS) is 46.8. The van der Waals surface area contributed by atoms with Gasteiger partial charge >= 0.3 is 0 Å². The number of rotatable bonds is 4. The minimum absolute atomic E-state index is 0.0476. The van der Waals surface area contributed by atoms with Gasteiger partial charge < -0.3 is 5.11 Å². The van der Waals surface area contributed by atoms with Crippen LogP contribution < -0.4 is 0 Å². The molecule has 3 saturated carbocycles. The molecule has 9 atom stereocenters. The van der Waals surface area contributed by atoms with Gasteiger partial charge in [-0.05, 0) is 104 Å². The van der Waals surface area contributed by atoms with Crippen molar-refractivity contribution in [3.63, 3.8) is 0 Å². The Labute approximate surface area is 180 Å². The molecular formula is C28H46O. The van der Waals surface area contributed by atoms with Gasteiger partial charge in [-0.15, -0.1) is 0 Å². The Kier molecular flexibility index (Phi) is 5.86. The molecule has 1 N–H and O–H groups in total. The van der Waals surface area contributed by atoms with Crippen LogP contribution >= 0.6 is 0 Å². The predicted molar refractivity (Wildman–Crippen MR) is 124 cm³/mol. The first kappa shape index (κ1) is 21.7. The van der Waals surface area contributed by atoms with Gasteiger partial charge in [0.15, 0.2) is 0 Å². The first-order valence-corrected chi connectivity index (χ1v) is 12.7. The monoisotopic (exact) mass is 398 g/mol. The SMILES string of the molecule is CC(C)[C@@H](C)/C=C/[C@@H](C)[C@H]1CC[C@H]2C3=CC[C@H]4CC(O)CC[C@]4(C)[C@H]3CC[C@]12C. The van der Waals surface area contributed by atoms with E-state index < -0.39 is 0 Å². The molecule has 0 heterocycles. The zero-order valence-electron chi connectivity index (χ0n) is 20.0. The molecule has 4 aliphatic carbocycles. The lowest BCUT2D eigenvalue weighted by Gasteiger charge is -2.57. The van der Waals surface area contributed by atoms with Gasteiger partial charge in [-0.3, -0.25) is 0 Å². The van der Waals surface area contributed by atoms with Crippen LogP contribution in [0, 0.1) is 52.3 Å². The fourth-order valence-corrected chi connectivity index (χ4v) is 8.10. The van der Waals surface area contributed by atoms with Crippen LogP contribution in [0.25, 0.3) is 0 Å². The molecule has 1 nitrogen and oxygen atoms in total. The average molecular weight is 399 g/mol. The summed E-state index contributed by atoms with van der Waals surface area (Å²) in [6.07, 6.45) is 17.8. The quantitative estimate of drug-likeness (QED) is 0.489. The van der Waals surface area contributed by atoms with Crippen molar-refractivity contribution in [3.05, 3.63) is 23.8 Å². The molecule has 0 radical (unpaired) electrons. The lowest BCUT2D eigenvalue weighted by Crippen LogP contribution is -2.49. The number of hydrogen-bond acceptors (Lipinski definition) is 1. The van der Waals surface area contributed by atoms with Crippen molar-refractivity contribution >= 4 is 0 Å². The van der Waals surface area contributed by atoms with E-state index >= 15 is 0 Å². The molecule has 1 heteroatoms. The predicted octanol–water partition coefficient (Wildman–Crippen LogP) is 7.41. The van der Waals surface area contributed by atoms with Crippen LogP contribution in [0.15, 0.2) is 23.8 Å². The largest absolute Gasteiger partial charge is 0.393 e. The van der Waals surface area contributed by atoms with Gasteiger partial charge in [0.05, 0.1) is 6.10 Å². The molecule has 4 aliphatic rings. The molecule has 164 valence electrons. The van der Waals surface area contributed by atoms with E-state index in [9.17, 15) is 5.11 Å². The smallest absolute Gasteiger partial charge is 0.0543 e. The standard InChI is InChI=1S/C28H46O/c1-18(2)19(3)7-8-20(4)24-11-12-25-23-10-9-21-17-22(29)13-15-27(21,5)26(23)14-16-28(24,25)6/h7-8,10,18-22,24-26,29H,9,11-17H2,1-6H3/b8-7+/t19-,20+,21-,22?,24+,25-,26-,27-,28+/m0/s1. The van der Waals surface area contributed by atoms with Gasteiger partial charge in [-0.1, -0.05) is 65.3 Å². The molecule has 0 amide bonds. The highest BCUT2D eigenvalue weighted by Gasteiger charge is 2.57. The molecule has 0 aromatic rings. The number of hydrogen-bond donors (Lipinski definition) is 1. The van der Waals surface area contributed by atoms with Crippen LogP contribution in [-0.4, -0.2) is 11.2 Å². The van der Waals surface area contributed by atoms with E-state index in [1.807, 2.05) is 5.57 Å². The number of fused-ring (bicyclic) bond motifs is 5. The van der Waals surface area contributed by atoms with Gasteiger partial charge in [-0.25, -0.2) is 0 Å². The summed E-state index contributed by atoms with van der Waals surface area (Å²) in [4.78, 5) is 0. The van der Waals surface area contributed by atoms with E-state index in [1.165, 1.54) is 38.5 Å². The molecule has 0 aromatic carbocycles. The summed E-state index contributed by atoms with van der Waals surface area (Å²) < 4.78 is 0. The van der Waals surface area contributed by atoms with Crippen molar-refractivity contribution in [1.82, 2.24) is 0 Å². The van der Waals surface area contributed by atoms with Crippen molar-refractivity contribution in [2.45, 2.75) is 99.0 Å². The number of allylic oxidation sites excluding steroid dienone is 4. The van der Waals surface area contributed by atoms with Crippen molar-refractivity contribution in [3.8, 4) is 0 Å². The maximum Gasteiger partial charge on any atom is 0.0543 e. The van der Waals surface area contributed by atoms with Gasteiger partial charge in [-0.2, -0.15) is 0 Å². The van der Waals surface area contributed by atoms with E-state index in [0.29, 0.717) is 28.6 Å². The highest BCUT2D eigenvalue weighted by molar-refractivity contribution is 5.28. The molecule has 0 spiro atoms. The first-order valence-electron chi connectivity index (χ1n) is 12.7. The molecule has 0 aromatic heterocycles. The van der Waals surface area contributed by atoms with E-state index in [4.69, 9.17) is 0 Å². The van der Waals surface area contributed by atoms with Crippen LogP contribution in [0.3, 0.4) is 0 Å². The minimum Gasteiger partial charge on any atom is -0.393 e. The van der Waals surface area contributed by atoms with Crippen molar-refractivity contribution < 1.29 is 5.11 Å². The average Bonchev–Trinajstić information content (AvgIpc) is 3.03. The third-order valence-electron chi connectivity index (χ3n) is 10.5. The third-order valence-corrected chi connectivity index (χ3v) is 10.5. The molecule has 0 saturated heterocycles. The number of aliphatic hydroxyl groups excluding tert-OH is 1. The second kappa shape index (κ2) is 7.85. The summed E-state index contributed by atoms with van der Waals surface area (Å²) in [6.45, 7) is 14.7. The maximum absolute atomic E-state index is 10.2. The Morgan fingerprint density at radius 2 is 1.62 bits per heavy atom. The summed E-state index contributed by atoms with van der Waals surface area (Å²) in [6, 6.07) is 0. The Morgan fingerprint density at radius 3 is 2.34 bits per heavy atom. The summed E-state index contributed by atoms with van der Waals surface area (Å²) in [5.41, 5.74) is 2.79. The van der Waals surface area contributed by atoms with Gasteiger partial charge in [0.1, 0.15) is 0 Å². The van der Waals surface area contributed by atoms with Gasteiger partial charge in [0, 0.05) is 0 Å². The first-order chi connectivity index (χ1) is 13.7. The lowest BCUT2D eigenvalue weighted by atomic mass is 9.47. The minimum atomic E-state index is -0.0476. The summed E-state index contributed by atoms with van der Waals surface area (Å²) in [5.74, 6) is 5.25. The second-order valence-electron chi connectivity index (χ2n) is 12.3. The van der Waals surface area contributed by atoms with Crippen LogP contribution in [0.1, 0.15) is 92.9 Å². The zero-order chi connectivity index (χ0) is 21.0. The van der Waals surface area contributed by atoms with Crippen LogP contribution in [0.5, 0.6) is 0 Å². The molecule has 0 aliphatic heterocycles.